The molecular weight excluding hydrogens is 136 g/mol. The van der Waals surface area contributed by atoms with Crippen molar-refractivity contribution in [3.05, 3.63) is 0 Å². The van der Waals surface area contributed by atoms with E-state index in [9.17, 15) is 0 Å². The van der Waals surface area contributed by atoms with E-state index in [1.807, 2.05) is 0 Å². The minimum atomic E-state index is 0.349. The van der Waals surface area contributed by atoms with E-state index in [4.69, 9.17) is 5.73 Å². The zero-order valence-electron chi connectivity index (χ0n) is 7.46. The van der Waals surface area contributed by atoms with Crippen LogP contribution in [-0.2, 0) is 0 Å². The zero-order valence-corrected chi connectivity index (χ0v) is 7.46. The number of fused-ring (bicyclic) bond motifs is 1. The van der Waals surface area contributed by atoms with Crippen LogP contribution in [0.25, 0.3) is 0 Å². The lowest BCUT2D eigenvalue weighted by atomic mass is 9.84. The molecule has 64 valence electrons. The van der Waals surface area contributed by atoms with Gasteiger partial charge in [-0.15, -0.1) is 0 Å². The second-order valence-corrected chi connectivity index (χ2v) is 3.88. The number of hydrogen-bond donors (Lipinski definition) is 1. The molecule has 0 spiro atoms. The molecule has 11 heavy (non-hydrogen) atoms. The first-order valence-electron chi connectivity index (χ1n) is 4.82. The molecule has 2 N–H and O–H groups in total. The highest BCUT2D eigenvalue weighted by molar-refractivity contribution is 5.16. The highest BCUT2D eigenvalue weighted by atomic mass is 15.4. The van der Waals surface area contributed by atoms with Gasteiger partial charge < -0.3 is 5.73 Å². The van der Waals surface area contributed by atoms with Gasteiger partial charge in [-0.1, -0.05) is 20.3 Å². The molecule has 5 atom stereocenters. The van der Waals surface area contributed by atoms with Crippen LogP contribution in [0.1, 0.15) is 33.1 Å². The summed E-state index contributed by atoms with van der Waals surface area (Å²) in [6.45, 7) is 4.46. The summed E-state index contributed by atoms with van der Waals surface area (Å²) in [5.41, 5.74) is 5.94. The predicted molar refractivity (Wildman–Crippen MR) is 46.1 cm³/mol. The van der Waals surface area contributed by atoms with Crippen LogP contribution in [0.15, 0.2) is 0 Å². The lowest BCUT2D eigenvalue weighted by Crippen LogP contribution is -2.29. The van der Waals surface area contributed by atoms with Crippen LogP contribution in [0.2, 0.25) is 0 Å². The highest BCUT2D eigenvalue weighted by Crippen LogP contribution is 2.52. The van der Waals surface area contributed by atoms with Crippen molar-refractivity contribution in [1.29, 1.82) is 0 Å². The Kier molecular flexibility index (Phi) is 1.69. The lowest BCUT2D eigenvalue weighted by molar-refractivity contribution is 0.347. The summed E-state index contributed by atoms with van der Waals surface area (Å²) in [4.78, 5) is 2.49. The van der Waals surface area contributed by atoms with E-state index < -0.39 is 0 Å². The molecule has 1 saturated carbocycles. The molecule has 2 aliphatic rings. The van der Waals surface area contributed by atoms with Crippen LogP contribution in [0.4, 0.5) is 0 Å². The molecule has 1 aliphatic carbocycles. The minimum Gasteiger partial charge on any atom is -0.316 e. The fourth-order valence-corrected chi connectivity index (χ4v) is 2.48. The molecule has 0 radical (unpaired) electrons. The zero-order chi connectivity index (χ0) is 8.01. The maximum Gasteiger partial charge on any atom is 0.0575 e. The largest absolute Gasteiger partial charge is 0.316 e. The van der Waals surface area contributed by atoms with Gasteiger partial charge in [-0.3, -0.25) is 4.90 Å². The Labute approximate surface area is 68.7 Å². The molecule has 2 heteroatoms. The van der Waals surface area contributed by atoms with Crippen LogP contribution >= 0.6 is 0 Å². The Morgan fingerprint density at radius 1 is 1.55 bits per heavy atom. The van der Waals surface area contributed by atoms with Gasteiger partial charge in [0, 0.05) is 12.1 Å². The number of rotatable bonds is 3. The first kappa shape index (κ1) is 7.56. The monoisotopic (exact) mass is 154 g/mol. The molecule has 1 heterocycles. The van der Waals surface area contributed by atoms with Gasteiger partial charge in [0.25, 0.3) is 0 Å². The topological polar surface area (TPSA) is 29.0 Å². The van der Waals surface area contributed by atoms with Gasteiger partial charge in [0.2, 0.25) is 0 Å². The molecule has 0 amide bonds. The standard InChI is InChI=1S/C9H18N2/c1-3-6-5-7-9(6)11(7)8(10)4-2/h6-9H,3-5,10H2,1-2H3/t6?,7?,8?,9-,11?/m1/s1. The summed E-state index contributed by atoms with van der Waals surface area (Å²) >= 11 is 0. The molecule has 2 nitrogen and oxygen atoms in total. The van der Waals surface area contributed by atoms with Gasteiger partial charge in [0.15, 0.2) is 0 Å². The third-order valence-corrected chi connectivity index (χ3v) is 3.38. The average molecular weight is 154 g/mol. The minimum absolute atomic E-state index is 0.349. The van der Waals surface area contributed by atoms with Gasteiger partial charge in [0.05, 0.1) is 6.17 Å². The van der Waals surface area contributed by atoms with Crippen LogP contribution < -0.4 is 5.73 Å². The Morgan fingerprint density at radius 2 is 2.27 bits per heavy atom. The van der Waals surface area contributed by atoms with Gasteiger partial charge in [0.1, 0.15) is 0 Å². The lowest BCUT2D eigenvalue weighted by Gasteiger charge is -2.19. The van der Waals surface area contributed by atoms with E-state index in [1.54, 1.807) is 0 Å². The average Bonchev–Trinajstić information content (AvgIpc) is 2.56. The molecule has 2 fully saturated rings. The molecule has 2 rings (SSSR count). The van der Waals surface area contributed by atoms with E-state index in [0.717, 1.165) is 24.4 Å². The van der Waals surface area contributed by atoms with Crippen molar-refractivity contribution < 1.29 is 0 Å². The summed E-state index contributed by atoms with van der Waals surface area (Å²) in [5.74, 6) is 0.970. The van der Waals surface area contributed by atoms with E-state index in [0.29, 0.717) is 6.17 Å². The smallest absolute Gasteiger partial charge is 0.0575 e. The van der Waals surface area contributed by atoms with E-state index >= 15 is 0 Å². The van der Waals surface area contributed by atoms with E-state index in [2.05, 4.69) is 18.7 Å². The van der Waals surface area contributed by atoms with Crippen molar-refractivity contribution in [2.75, 3.05) is 0 Å². The molecule has 4 unspecified atom stereocenters. The Hall–Kier alpha value is -0.0800. The van der Waals surface area contributed by atoms with Gasteiger partial charge in [-0.2, -0.15) is 0 Å². The van der Waals surface area contributed by atoms with Crippen LogP contribution in [0.5, 0.6) is 0 Å². The molecule has 0 bridgehead atoms. The molecular formula is C9H18N2. The summed E-state index contributed by atoms with van der Waals surface area (Å²) in [5, 5.41) is 0. The van der Waals surface area contributed by atoms with E-state index in [1.165, 1.54) is 12.8 Å². The first-order valence-corrected chi connectivity index (χ1v) is 4.82. The molecule has 1 aliphatic heterocycles. The van der Waals surface area contributed by atoms with Crippen LogP contribution in [0, 0.1) is 5.92 Å². The summed E-state index contributed by atoms with van der Waals surface area (Å²) in [6.07, 6.45) is 4.20. The maximum atomic E-state index is 5.94. The summed E-state index contributed by atoms with van der Waals surface area (Å²) in [7, 11) is 0. The van der Waals surface area contributed by atoms with E-state index in [-0.39, 0.29) is 0 Å². The fourth-order valence-electron chi connectivity index (χ4n) is 2.48. The number of nitrogens with two attached hydrogens (primary N) is 1. The maximum absolute atomic E-state index is 5.94. The molecule has 0 aromatic rings. The normalized spacial score (nSPS) is 49.4. The van der Waals surface area contributed by atoms with Crippen LogP contribution in [0.3, 0.4) is 0 Å². The molecule has 0 aromatic heterocycles. The number of hydrogen-bond acceptors (Lipinski definition) is 2. The van der Waals surface area contributed by atoms with Gasteiger partial charge >= 0.3 is 0 Å². The Balaban J connectivity index is 1.85. The fraction of sp³-hybridized carbons (Fsp3) is 1.00. The third-order valence-electron chi connectivity index (χ3n) is 3.38. The SMILES string of the molecule is CCC1CC2[C@@H]1N2C(N)CC. The van der Waals surface area contributed by atoms with Crippen molar-refractivity contribution in [1.82, 2.24) is 4.90 Å². The molecule has 1 saturated heterocycles. The first-order chi connectivity index (χ1) is 5.29. The Morgan fingerprint density at radius 3 is 2.73 bits per heavy atom. The summed E-state index contributed by atoms with van der Waals surface area (Å²) < 4.78 is 0. The number of nitrogens with zero attached hydrogens (tertiary/aromatic N) is 1. The summed E-state index contributed by atoms with van der Waals surface area (Å²) in [6, 6.07) is 1.77. The van der Waals surface area contributed by atoms with Crippen molar-refractivity contribution >= 4 is 0 Å². The van der Waals surface area contributed by atoms with Crippen LogP contribution in [-0.4, -0.2) is 23.1 Å². The number of likely N-dealkylation sites (tertiary alicyclic amines) is 1. The van der Waals surface area contributed by atoms with Crippen molar-refractivity contribution in [3.63, 3.8) is 0 Å². The molecule has 0 aromatic carbocycles. The van der Waals surface area contributed by atoms with Crippen molar-refractivity contribution in [2.45, 2.75) is 51.4 Å². The van der Waals surface area contributed by atoms with Crippen molar-refractivity contribution in [2.24, 2.45) is 11.7 Å². The highest BCUT2D eigenvalue weighted by Gasteiger charge is 2.61. The van der Waals surface area contributed by atoms with Gasteiger partial charge in [-0.05, 0) is 18.8 Å². The van der Waals surface area contributed by atoms with Crippen molar-refractivity contribution in [3.8, 4) is 0 Å². The second kappa shape index (κ2) is 2.46. The second-order valence-electron chi connectivity index (χ2n) is 3.88. The van der Waals surface area contributed by atoms with Gasteiger partial charge in [-0.25, -0.2) is 0 Å². The third kappa shape index (κ3) is 0.926. The predicted octanol–water partition coefficient (Wildman–Crippen LogP) is 1.16. The Bertz CT molecular complexity index is 158. The quantitative estimate of drug-likeness (QED) is 0.618.